The molecular formula is C21H30N4O4. The van der Waals surface area contributed by atoms with Crippen LogP contribution < -0.4 is 10.6 Å². The van der Waals surface area contributed by atoms with Crippen LogP contribution in [-0.2, 0) is 22.4 Å². The number of hydrogen-bond acceptors (Lipinski definition) is 5. The standard InChI is InChI=1S/C21H30N4O4/c1-25(17-10-8-15(19(17)28)13-18(26)27)21(29)23-11-3-2-6-16-9-7-14-5-4-12-22-20(14)24-16/h7,9,15,17H,2-6,8,10-13H2,1H3,(H,22,24)(H,23,29)(H,26,27)/t15?,17-/m0/s1. The lowest BCUT2D eigenvalue weighted by Gasteiger charge is -2.24. The van der Waals surface area contributed by atoms with Crippen LogP contribution in [0.25, 0.3) is 0 Å². The van der Waals surface area contributed by atoms with E-state index < -0.39 is 17.9 Å². The minimum atomic E-state index is -0.972. The van der Waals surface area contributed by atoms with E-state index in [-0.39, 0.29) is 18.2 Å². The van der Waals surface area contributed by atoms with Gasteiger partial charge >= 0.3 is 12.0 Å². The number of carbonyl (C=O) groups is 3. The number of unbranched alkanes of at least 4 members (excludes halogenated alkanes) is 1. The number of fused-ring (bicyclic) bond motifs is 1. The molecule has 1 unspecified atom stereocenters. The van der Waals surface area contributed by atoms with Crippen LogP contribution in [0.3, 0.4) is 0 Å². The van der Waals surface area contributed by atoms with Crippen molar-refractivity contribution in [3.63, 3.8) is 0 Å². The molecule has 1 aliphatic heterocycles. The van der Waals surface area contributed by atoms with E-state index in [0.29, 0.717) is 19.4 Å². The molecule has 8 nitrogen and oxygen atoms in total. The number of aryl methyl sites for hydroxylation is 2. The third-order valence-electron chi connectivity index (χ3n) is 5.82. The Labute approximate surface area is 171 Å². The molecule has 8 heteroatoms. The summed E-state index contributed by atoms with van der Waals surface area (Å²) >= 11 is 0. The summed E-state index contributed by atoms with van der Waals surface area (Å²) in [5.41, 5.74) is 2.34. The number of rotatable bonds is 8. The third kappa shape index (κ3) is 5.46. The summed E-state index contributed by atoms with van der Waals surface area (Å²) in [7, 11) is 1.60. The molecule has 158 valence electrons. The number of aromatic nitrogens is 1. The summed E-state index contributed by atoms with van der Waals surface area (Å²) in [6.45, 7) is 1.51. The predicted octanol–water partition coefficient (Wildman–Crippen LogP) is 2.23. The number of urea groups is 1. The molecule has 1 aromatic heterocycles. The van der Waals surface area contributed by atoms with Crippen LogP contribution in [0.4, 0.5) is 10.6 Å². The second kappa shape index (κ2) is 9.71. The molecule has 3 rings (SSSR count). The second-order valence-electron chi connectivity index (χ2n) is 7.93. The molecule has 1 fully saturated rings. The van der Waals surface area contributed by atoms with Crippen LogP contribution in [0.1, 0.15) is 49.8 Å². The number of hydrogen-bond donors (Lipinski definition) is 3. The Morgan fingerprint density at radius 1 is 1.31 bits per heavy atom. The van der Waals surface area contributed by atoms with Gasteiger partial charge in [0.15, 0.2) is 5.78 Å². The van der Waals surface area contributed by atoms with E-state index in [9.17, 15) is 14.4 Å². The minimum absolute atomic E-state index is 0.142. The average Bonchev–Trinajstić information content (AvgIpc) is 3.06. The highest BCUT2D eigenvalue weighted by atomic mass is 16.4. The number of carboxylic acid groups (broad SMARTS) is 1. The van der Waals surface area contributed by atoms with Gasteiger partial charge in [-0.25, -0.2) is 9.78 Å². The van der Waals surface area contributed by atoms with Gasteiger partial charge in [-0.3, -0.25) is 9.59 Å². The van der Waals surface area contributed by atoms with E-state index in [1.54, 1.807) is 7.05 Å². The number of nitrogens with one attached hydrogen (secondary N) is 2. The molecule has 0 saturated heterocycles. The molecule has 2 heterocycles. The zero-order valence-electron chi connectivity index (χ0n) is 16.9. The molecule has 0 radical (unpaired) electrons. The summed E-state index contributed by atoms with van der Waals surface area (Å²) in [6.07, 6.45) is 5.72. The van der Waals surface area contributed by atoms with Gasteiger partial charge in [0.05, 0.1) is 12.5 Å². The Morgan fingerprint density at radius 2 is 2.14 bits per heavy atom. The normalized spacial score (nSPS) is 20.7. The number of carbonyl (C=O) groups excluding carboxylic acids is 2. The molecule has 0 aromatic carbocycles. The maximum absolute atomic E-state index is 12.3. The number of ketones is 1. The number of likely N-dealkylation sites (N-methyl/N-ethyl adjacent to an activating group) is 1. The molecule has 3 N–H and O–H groups in total. The Kier molecular flexibility index (Phi) is 7.06. The number of Topliss-reactive ketones (excluding diaryl/α,β-unsaturated/α-hetero) is 1. The van der Waals surface area contributed by atoms with Crippen LogP contribution in [0.15, 0.2) is 12.1 Å². The highest BCUT2D eigenvalue weighted by Gasteiger charge is 2.39. The zero-order valence-corrected chi connectivity index (χ0v) is 16.9. The van der Waals surface area contributed by atoms with Gasteiger partial charge < -0.3 is 20.6 Å². The molecule has 0 spiro atoms. The lowest BCUT2D eigenvalue weighted by Crippen LogP contribution is -2.46. The van der Waals surface area contributed by atoms with Crippen molar-refractivity contribution < 1.29 is 19.5 Å². The molecule has 1 aliphatic carbocycles. The second-order valence-corrected chi connectivity index (χ2v) is 7.93. The Hall–Kier alpha value is -2.64. The van der Waals surface area contributed by atoms with Crippen LogP contribution in [-0.4, -0.2) is 59.0 Å². The molecule has 2 aliphatic rings. The van der Waals surface area contributed by atoms with Crippen LogP contribution >= 0.6 is 0 Å². The first-order valence-corrected chi connectivity index (χ1v) is 10.4. The fourth-order valence-electron chi connectivity index (χ4n) is 4.11. The molecule has 29 heavy (non-hydrogen) atoms. The zero-order chi connectivity index (χ0) is 20.8. The van der Waals surface area contributed by atoms with Gasteiger partial charge in [-0.2, -0.15) is 0 Å². The maximum atomic E-state index is 12.3. The molecule has 1 saturated carbocycles. The van der Waals surface area contributed by atoms with Crippen molar-refractivity contribution in [3.8, 4) is 0 Å². The molecule has 0 bridgehead atoms. The Bertz CT molecular complexity index is 767. The van der Waals surface area contributed by atoms with E-state index in [1.165, 1.54) is 10.5 Å². The number of pyridine rings is 1. The van der Waals surface area contributed by atoms with Gasteiger partial charge in [0.2, 0.25) is 0 Å². The molecule has 2 atom stereocenters. The van der Waals surface area contributed by atoms with E-state index in [2.05, 4.69) is 27.8 Å². The summed E-state index contributed by atoms with van der Waals surface area (Å²) in [5.74, 6) is -0.588. The van der Waals surface area contributed by atoms with Crippen molar-refractivity contribution in [3.05, 3.63) is 23.4 Å². The summed E-state index contributed by atoms with van der Waals surface area (Å²) < 4.78 is 0. The lowest BCUT2D eigenvalue weighted by molar-refractivity contribution is -0.140. The van der Waals surface area contributed by atoms with Crippen molar-refractivity contribution in [2.75, 3.05) is 25.5 Å². The Balaban J connectivity index is 1.36. The number of anilines is 1. The minimum Gasteiger partial charge on any atom is -0.481 e. The van der Waals surface area contributed by atoms with E-state index in [1.807, 2.05) is 0 Å². The predicted molar refractivity (Wildman–Crippen MR) is 109 cm³/mol. The van der Waals surface area contributed by atoms with E-state index >= 15 is 0 Å². The highest BCUT2D eigenvalue weighted by Crippen LogP contribution is 2.28. The van der Waals surface area contributed by atoms with Crippen LogP contribution in [0.5, 0.6) is 0 Å². The van der Waals surface area contributed by atoms with E-state index in [4.69, 9.17) is 5.11 Å². The third-order valence-corrected chi connectivity index (χ3v) is 5.82. The quantitative estimate of drug-likeness (QED) is 0.575. The van der Waals surface area contributed by atoms with Gasteiger partial charge in [-0.1, -0.05) is 6.07 Å². The number of amides is 2. The molecule has 1 aromatic rings. The van der Waals surface area contributed by atoms with Gasteiger partial charge in [-0.15, -0.1) is 0 Å². The van der Waals surface area contributed by atoms with Gasteiger partial charge in [-0.05, 0) is 56.6 Å². The first-order valence-electron chi connectivity index (χ1n) is 10.4. The SMILES string of the molecule is CN(C(=O)NCCCCc1ccc2c(n1)NCCC2)[C@H]1CCC(CC(=O)O)C1=O. The number of carboxylic acids is 1. The fraction of sp³-hybridized carbons (Fsp3) is 0.619. The topological polar surface area (TPSA) is 112 Å². The smallest absolute Gasteiger partial charge is 0.317 e. The lowest BCUT2D eigenvalue weighted by atomic mass is 10.0. The molecule has 2 amide bonds. The molecular weight excluding hydrogens is 372 g/mol. The summed E-state index contributed by atoms with van der Waals surface area (Å²) in [4.78, 5) is 41.6. The van der Waals surface area contributed by atoms with Crippen molar-refractivity contribution >= 4 is 23.6 Å². The Morgan fingerprint density at radius 3 is 2.93 bits per heavy atom. The van der Waals surface area contributed by atoms with Crippen molar-refractivity contribution in [2.45, 2.75) is 57.4 Å². The van der Waals surface area contributed by atoms with Gasteiger partial charge in [0.1, 0.15) is 5.82 Å². The van der Waals surface area contributed by atoms with Crippen molar-refractivity contribution in [1.29, 1.82) is 0 Å². The van der Waals surface area contributed by atoms with E-state index in [0.717, 1.165) is 50.2 Å². The average molecular weight is 402 g/mol. The first-order chi connectivity index (χ1) is 14.0. The monoisotopic (exact) mass is 402 g/mol. The van der Waals surface area contributed by atoms with Crippen molar-refractivity contribution in [1.82, 2.24) is 15.2 Å². The summed E-state index contributed by atoms with van der Waals surface area (Å²) in [6, 6.07) is 3.43. The number of aliphatic carboxylic acids is 1. The highest BCUT2D eigenvalue weighted by molar-refractivity contribution is 5.93. The largest absolute Gasteiger partial charge is 0.481 e. The first kappa shape index (κ1) is 21.1. The van der Waals surface area contributed by atoms with Crippen LogP contribution in [0.2, 0.25) is 0 Å². The summed E-state index contributed by atoms with van der Waals surface area (Å²) in [5, 5.41) is 15.1. The van der Waals surface area contributed by atoms with Gasteiger partial charge in [0.25, 0.3) is 0 Å². The maximum Gasteiger partial charge on any atom is 0.317 e. The van der Waals surface area contributed by atoms with Crippen LogP contribution in [0, 0.1) is 5.92 Å². The number of nitrogens with zero attached hydrogens (tertiary/aromatic N) is 2. The van der Waals surface area contributed by atoms with Crippen molar-refractivity contribution in [2.24, 2.45) is 5.92 Å². The van der Waals surface area contributed by atoms with Gasteiger partial charge in [0, 0.05) is 31.7 Å². The fourth-order valence-corrected chi connectivity index (χ4v) is 4.11.